The molecule has 0 N–H and O–H groups in total. The van der Waals surface area contributed by atoms with Gasteiger partial charge >= 0.3 is 0 Å². The van der Waals surface area contributed by atoms with Crippen LogP contribution < -0.4 is 4.57 Å². The van der Waals surface area contributed by atoms with Gasteiger partial charge in [-0.3, -0.25) is 4.79 Å². The fourth-order valence-electron chi connectivity index (χ4n) is 2.64. The van der Waals surface area contributed by atoms with Crippen molar-refractivity contribution in [1.82, 2.24) is 4.90 Å². The van der Waals surface area contributed by atoms with E-state index in [-0.39, 0.29) is 5.91 Å². The molecular weight excluding hydrogens is 296 g/mol. The summed E-state index contributed by atoms with van der Waals surface area (Å²) in [5.41, 5.74) is 2.28. The van der Waals surface area contributed by atoms with Gasteiger partial charge in [0.1, 0.15) is 0 Å². The predicted molar refractivity (Wildman–Crippen MR) is 93.8 cm³/mol. The molecule has 0 unspecified atom stereocenters. The van der Waals surface area contributed by atoms with Crippen molar-refractivity contribution in [3.8, 4) is 0 Å². The Morgan fingerprint density at radius 1 is 0.708 bits per heavy atom. The highest BCUT2D eigenvalue weighted by Gasteiger charge is 2.18. The average Bonchev–Trinajstić information content (AvgIpc) is 2.64. The molecule has 3 rings (SSSR count). The lowest BCUT2D eigenvalue weighted by Gasteiger charge is -2.22. The van der Waals surface area contributed by atoms with Crippen molar-refractivity contribution < 1.29 is 9.36 Å². The topological polar surface area (TPSA) is 24.2 Å². The third-order valence-corrected chi connectivity index (χ3v) is 3.88. The van der Waals surface area contributed by atoms with Crippen molar-refractivity contribution in [1.29, 1.82) is 0 Å². The second-order valence-electron chi connectivity index (χ2n) is 5.77. The average molecular weight is 317 g/mol. The first-order valence-electron chi connectivity index (χ1n) is 8.11. The smallest absolute Gasteiger partial charge is 0.289 e. The Hall–Kier alpha value is -2.94. The first-order valence-corrected chi connectivity index (χ1v) is 8.11. The first-order chi connectivity index (χ1) is 11.8. The number of hydrogen-bond acceptors (Lipinski definition) is 1. The van der Waals surface area contributed by atoms with E-state index in [1.165, 1.54) is 0 Å². The van der Waals surface area contributed by atoms with Crippen LogP contribution in [0.1, 0.15) is 11.1 Å². The van der Waals surface area contributed by atoms with Crippen LogP contribution in [-0.4, -0.2) is 10.8 Å². The molecule has 3 nitrogen and oxygen atoms in total. The van der Waals surface area contributed by atoms with Gasteiger partial charge in [0, 0.05) is 25.2 Å². The van der Waals surface area contributed by atoms with Gasteiger partial charge in [0.25, 0.3) is 5.91 Å². The van der Waals surface area contributed by atoms with Crippen LogP contribution in [0.5, 0.6) is 0 Å². The minimum absolute atomic E-state index is 0.110. The van der Waals surface area contributed by atoms with Crippen molar-refractivity contribution in [2.45, 2.75) is 19.6 Å². The van der Waals surface area contributed by atoms with Gasteiger partial charge in [-0.1, -0.05) is 66.7 Å². The molecule has 1 heterocycles. The van der Waals surface area contributed by atoms with E-state index in [4.69, 9.17) is 0 Å². The molecule has 0 aliphatic carbocycles. The van der Waals surface area contributed by atoms with Crippen molar-refractivity contribution in [2.75, 3.05) is 0 Å². The number of aromatic nitrogens is 1. The van der Waals surface area contributed by atoms with Crippen LogP contribution in [0, 0.1) is 0 Å². The quantitative estimate of drug-likeness (QED) is 0.641. The lowest BCUT2D eigenvalue weighted by Crippen LogP contribution is -2.43. The number of amides is 1. The van der Waals surface area contributed by atoms with Crippen LogP contribution in [0.2, 0.25) is 0 Å². The largest absolute Gasteiger partial charge is 0.329 e. The lowest BCUT2D eigenvalue weighted by atomic mass is 10.1. The number of nitrogens with zero attached hydrogens (tertiary/aromatic N) is 2. The number of benzene rings is 2. The second kappa shape index (κ2) is 8.06. The molecule has 3 heteroatoms. The van der Waals surface area contributed by atoms with Crippen molar-refractivity contribution in [3.63, 3.8) is 0 Å². The van der Waals surface area contributed by atoms with E-state index in [9.17, 15) is 4.79 Å². The monoisotopic (exact) mass is 317 g/mol. The summed E-state index contributed by atoms with van der Waals surface area (Å²) in [5, 5.41) is 0. The Balaban J connectivity index is 1.76. The zero-order valence-corrected chi connectivity index (χ0v) is 13.6. The number of hydrogen-bond donors (Lipinski definition) is 0. The Morgan fingerprint density at radius 2 is 1.17 bits per heavy atom. The van der Waals surface area contributed by atoms with E-state index in [1.54, 1.807) is 0 Å². The molecule has 1 aromatic heterocycles. The molecule has 0 aliphatic rings. The van der Waals surface area contributed by atoms with Crippen molar-refractivity contribution >= 4 is 5.91 Å². The fourth-order valence-corrected chi connectivity index (χ4v) is 2.64. The molecule has 24 heavy (non-hydrogen) atoms. The van der Waals surface area contributed by atoms with Gasteiger partial charge < -0.3 is 4.90 Å². The van der Waals surface area contributed by atoms with Crippen LogP contribution in [-0.2, 0) is 24.4 Å². The maximum atomic E-state index is 12.8. The minimum atomic E-state index is 0.110. The molecule has 0 fully saturated rings. The highest BCUT2D eigenvalue weighted by Crippen LogP contribution is 2.10. The number of carbonyl (C=O) groups excluding carboxylic acids is 1. The first kappa shape index (κ1) is 15.9. The maximum Gasteiger partial charge on any atom is 0.289 e. The van der Waals surface area contributed by atoms with E-state index in [2.05, 4.69) is 24.3 Å². The van der Waals surface area contributed by atoms with Crippen molar-refractivity contribution in [3.05, 3.63) is 102 Å². The van der Waals surface area contributed by atoms with Gasteiger partial charge in [0.15, 0.2) is 12.4 Å². The predicted octanol–water partition coefficient (Wildman–Crippen LogP) is 3.20. The summed E-state index contributed by atoms with van der Waals surface area (Å²) >= 11 is 0. The normalized spacial score (nSPS) is 10.3. The van der Waals surface area contributed by atoms with Gasteiger partial charge in [-0.05, 0) is 11.1 Å². The summed E-state index contributed by atoms with van der Waals surface area (Å²) in [6, 6.07) is 26.1. The van der Waals surface area contributed by atoms with Gasteiger partial charge in [-0.15, -0.1) is 0 Å². The maximum absolute atomic E-state index is 12.8. The molecule has 0 aliphatic heterocycles. The lowest BCUT2D eigenvalue weighted by molar-refractivity contribution is -0.685. The molecule has 0 atom stereocenters. The summed E-state index contributed by atoms with van der Waals surface area (Å²) in [7, 11) is 0. The molecule has 120 valence electrons. The Kier molecular flexibility index (Phi) is 5.36. The van der Waals surface area contributed by atoms with Crippen LogP contribution in [0.25, 0.3) is 0 Å². The number of carbonyl (C=O) groups is 1. The van der Waals surface area contributed by atoms with E-state index >= 15 is 0 Å². The molecule has 0 saturated carbocycles. The van der Waals surface area contributed by atoms with Crippen LogP contribution >= 0.6 is 0 Å². The Bertz CT molecular complexity index is 716. The molecule has 1 amide bonds. The Morgan fingerprint density at radius 3 is 1.67 bits per heavy atom. The highest BCUT2D eigenvalue weighted by atomic mass is 16.2. The highest BCUT2D eigenvalue weighted by molar-refractivity contribution is 5.74. The fraction of sp³-hybridized carbons (Fsp3) is 0.143. The standard InChI is InChI=1S/C21H21N2O/c24-21(18-22-14-8-3-9-15-22)23(16-19-10-4-1-5-11-19)17-20-12-6-2-7-13-20/h1-15H,16-18H2/q+1. The zero-order valence-electron chi connectivity index (χ0n) is 13.6. The van der Waals surface area contributed by atoms with Crippen LogP contribution in [0.15, 0.2) is 91.3 Å². The van der Waals surface area contributed by atoms with E-state index in [1.807, 2.05) is 76.5 Å². The van der Waals surface area contributed by atoms with E-state index < -0.39 is 0 Å². The molecule has 0 bridgehead atoms. The SMILES string of the molecule is O=C(C[n+]1ccccc1)N(Cc1ccccc1)Cc1ccccc1. The summed E-state index contributed by atoms with van der Waals surface area (Å²) < 4.78 is 1.91. The molecule has 3 aromatic rings. The summed E-state index contributed by atoms with van der Waals surface area (Å²) in [5.74, 6) is 0.110. The van der Waals surface area contributed by atoms with Gasteiger partial charge in [-0.2, -0.15) is 4.57 Å². The third-order valence-electron chi connectivity index (χ3n) is 3.88. The zero-order chi connectivity index (χ0) is 16.6. The minimum Gasteiger partial charge on any atom is -0.329 e. The van der Waals surface area contributed by atoms with Gasteiger partial charge in [0.2, 0.25) is 6.54 Å². The summed E-state index contributed by atoms with van der Waals surface area (Å²) in [4.78, 5) is 14.7. The summed E-state index contributed by atoms with van der Waals surface area (Å²) in [6.07, 6.45) is 3.84. The molecular formula is C21H21N2O+. The molecule has 0 spiro atoms. The van der Waals surface area contributed by atoms with Crippen LogP contribution in [0.4, 0.5) is 0 Å². The third kappa shape index (κ3) is 4.53. The second-order valence-corrected chi connectivity index (χ2v) is 5.77. The summed E-state index contributed by atoms with van der Waals surface area (Å²) in [6.45, 7) is 1.57. The van der Waals surface area contributed by atoms with Gasteiger partial charge in [-0.25, -0.2) is 0 Å². The van der Waals surface area contributed by atoms with Crippen molar-refractivity contribution in [2.24, 2.45) is 0 Å². The number of rotatable bonds is 6. The van der Waals surface area contributed by atoms with E-state index in [0.717, 1.165) is 11.1 Å². The molecule has 0 radical (unpaired) electrons. The van der Waals surface area contributed by atoms with E-state index in [0.29, 0.717) is 19.6 Å². The number of pyridine rings is 1. The van der Waals surface area contributed by atoms with Gasteiger partial charge in [0.05, 0.1) is 0 Å². The molecule has 0 saturated heterocycles. The Labute approximate surface area is 142 Å². The van der Waals surface area contributed by atoms with Crippen LogP contribution in [0.3, 0.4) is 0 Å². The molecule has 2 aromatic carbocycles.